The van der Waals surface area contributed by atoms with E-state index in [1.165, 1.54) is 11.0 Å². The summed E-state index contributed by atoms with van der Waals surface area (Å²) in [6.45, 7) is 8.23. The molecule has 0 spiro atoms. The van der Waals surface area contributed by atoms with E-state index in [1.54, 1.807) is 40.1 Å². The number of nitrogens with zero attached hydrogens (tertiary/aromatic N) is 9. The number of ether oxygens (including phenoxy) is 3. The number of aromatic nitrogens is 7. The molecule has 0 saturated carbocycles. The third-order valence-corrected chi connectivity index (χ3v) is 9.56. The zero-order valence-corrected chi connectivity index (χ0v) is 28.7. The Kier molecular flexibility index (Phi) is 9.59. The Balaban J connectivity index is 0.925. The van der Waals surface area contributed by atoms with E-state index < -0.39 is 5.79 Å². The van der Waals surface area contributed by atoms with E-state index in [2.05, 4.69) is 42.1 Å². The second-order valence-electron chi connectivity index (χ2n) is 12.2. The number of hydrogen-bond acceptors (Lipinski definition) is 10. The van der Waals surface area contributed by atoms with Crippen LogP contribution in [0.1, 0.15) is 31.9 Å². The van der Waals surface area contributed by atoms with Gasteiger partial charge in [0.2, 0.25) is 11.7 Å². The van der Waals surface area contributed by atoms with Crippen LogP contribution in [-0.2, 0) is 21.8 Å². The molecule has 3 atom stereocenters. The molecule has 0 N–H and O–H groups in total. The second kappa shape index (κ2) is 14.2. The molecule has 2 aliphatic heterocycles. The highest BCUT2D eigenvalue weighted by atomic mass is 35.5. The Morgan fingerprint density at radius 3 is 2.37 bits per heavy atom. The third kappa shape index (κ3) is 7.02. The number of hydrogen-bond donors (Lipinski definition) is 0. The summed E-state index contributed by atoms with van der Waals surface area (Å²) in [5.74, 6) is -0.681. The largest absolute Gasteiger partial charge is 0.475 e. The van der Waals surface area contributed by atoms with Gasteiger partial charge in [0.15, 0.2) is 0 Å². The molecule has 3 aromatic heterocycles. The molecule has 49 heavy (non-hydrogen) atoms. The lowest BCUT2D eigenvalue weighted by Crippen LogP contribution is -2.46. The molecule has 0 unspecified atom stereocenters. The highest BCUT2D eigenvalue weighted by Gasteiger charge is 2.45. The third-order valence-electron chi connectivity index (χ3n) is 9.02. The van der Waals surface area contributed by atoms with Crippen molar-refractivity contribution in [2.24, 2.45) is 0 Å². The first kappa shape index (κ1) is 33.1. The van der Waals surface area contributed by atoms with Crippen molar-refractivity contribution in [3.63, 3.8) is 0 Å². The molecule has 0 radical (unpaired) electrons. The summed E-state index contributed by atoms with van der Waals surface area (Å²) in [5, 5.41) is 9.47. The minimum atomic E-state index is -1.18. The summed E-state index contributed by atoms with van der Waals surface area (Å²) in [6.07, 6.45) is 6.96. The second-order valence-corrected chi connectivity index (χ2v) is 13.0. The van der Waals surface area contributed by atoms with E-state index in [4.69, 9.17) is 37.4 Å². The highest BCUT2D eigenvalue weighted by molar-refractivity contribution is 6.35. The van der Waals surface area contributed by atoms with Gasteiger partial charge in [-0.3, -0.25) is 0 Å². The van der Waals surface area contributed by atoms with Gasteiger partial charge in [0.25, 0.3) is 0 Å². The van der Waals surface area contributed by atoms with Crippen molar-refractivity contribution in [2.45, 2.75) is 44.7 Å². The molecule has 0 amide bonds. The average molecular weight is 707 g/mol. The fourth-order valence-corrected chi connectivity index (χ4v) is 6.67. The Hall–Kier alpha value is -4.43. The molecule has 5 aromatic rings. The van der Waals surface area contributed by atoms with E-state index in [9.17, 15) is 4.79 Å². The van der Waals surface area contributed by atoms with Gasteiger partial charge in [-0.25, -0.2) is 28.7 Å². The fraction of sp³-hybridized carbons (Fsp3) is 0.382. The van der Waals surface area contributed by atoms with Gasteiger partial charge < -0.3 is 24.0 Å². The van der Waals surface area contributed by atoms with E-state index in [0.29, 0.717) is 28.1 Å². The lowest BCUT2D eigenvalue weighted by atomic mass is 10.1. The normalized spacial score (nSPS) is 20.1. The van der Waals surface area contributed by atoms with E-state index in [1.807, 2.05) is 44.3 Å². The molecule has 0 bridgehead atoms. The van der Waals surface area contributed by atoms with Gasteiger partial charge >= 0.3 is 5.69 Å². The van der Waals surface area contributed by atoms with Crippen LogP contribution in [0.3, 0.4) is 0 Å². The number of benzene rings is 2. The molecular weight excluding hydrogens is 669 g/mol. The van der Waals surface area contributed by atoms with Gasteiger partial charge in [0.05, 0.1) is 35.2 Å². The van der Waals surface area contributed by atoms with Gasteiger partial charge in [-0.2, -0.15) is 10.2 Å². The number of rotatable bonds is 11. The first-order valence-corrected chi connectivity index (χ1v) is 17.0. The summed E-state index contributed by atoms with van der Waals surface area (Å²) in [5.41, 5.74) is 3.49. The summed E-state index contributed by atoms with van der Waals surface area (Å²) < 4.78 is 23.5. The Labute approximate surface area is 293 Å². The standard InChI is InChI=1S/C34H37Cl2N9O4/c1-3-24(2)45-33(46)44(23-40-45)27-7-5-26(6-8-27)41-12-14-42(15-13-41)28-9-11-32(38-17-28)47-18-29-19-48-34(49-29,20-43-22-37-21-39-43)30-10-4-25(35)16-31(30)36/h4-11,16-17,21-24,29H,3,12-15,18-20H2,1-2H3/t24-,29-,34-/m1/s1. The summed E-state index contributed by atoms with van der Waals surface area (Å²) in [7, 11) is 0. The van der Waals surface area contributed by atoms with Crippen molar-refractivity contribution in [3.05, 3.63) is 106 Å². The molecule has 2 saturated heterocycles. The molecule has 13 nitrogen and oxygen atoms in total. The predicted octanol–water partition coefficient (Wildman–Crippen LogP) is 4.97. The number of pyridine rings is 1. The molecule has 256 valence electrons. The summed E-state index contributed by atoms with van der Waals surface area (Å²) in [4.78, 5) is 26.1. The van der Waals surface area contributed by atoms with Gasteiger partial charge in [-0.1, -0.05) is 36.2 Å². The van der Waals surface area contributed by atoms with E-state index >= 15 is 0 Å². The maximum atomic E-state index is 12.8. The van der Waals surface area contributed by atoms with Crippen molar-refractivity contribution < 1.29 is 14.2 Å². The first-order chi connectivity index (χ1) is 23.8. The topological polar surface area (TPSA) is 118 Å². The van der Waals surface area contributed by atoms with Crippen LogP contribution in [0.5, 0.6) is 5.88 Å². The minimum absolute atomic E-state index is 0.0600. The highest BCUT2D eigenvalue weighted by Crippen LogP contribution is 2.40. The number of piperazine rings is 1. The molecule has 2 fully saturated rings. The van der Waals surface area contributed by atoms with Gasteiger partial charge in [0.1, 0.15) is 38.2 Å². The molecule has 2 aliphatic rings. The zero-order chi connectivity index (χ0) is 34.0. The Morgan fingerprint density at radius 2 is 1.69 bits per heavy atom. The number of anilines is 2. The zero-order valence-electron chi connectivity index (χ0n) is 27.2. The molecule has 7 rings (SSSR count). The lowest BCUT2D eigenvalue weighted by molar-refractivity contribution is -0.190. The molecule has 2 aromatic carbocycles. The monoisotopic (exact) mass is 705 g/mol. The van der Waals surface area contributed by atoms with Crippen LogP contribution in [0, 0.1) is 0 Å². The van der Waals surface area contributed by atoms with Crippen LogP contribution in [0.2, 0.25) is 10.0 Å². The van der Waals surface area contributed by atoms with Crippen LogP contribution in [0.15, 0.2) is 84.6 Å². The maximum Gasteiger partial charge on any atom is 0.350 e. The van der Waals surface area contributed by atoms with Gasteiger partial charge in [-0.15, -0.1) is 0 Å². The van der Waals surface area contributed by atoms with Crippen molar-refractivity contribution in [1.29, 1.82) is 0 Å². The molecule has 0 aliphatic carbocycles. The Bertz CT molecular complexity index is 1910. The SMILES string of the molecule is CC[C@@H](C)n1ncn(-c2ccc(N3CCN(c4ccc(OC[C@@H]5CO[C@@](Cn6cncn6)(c6ccc(Cl)cc6Cl)O5)nc4)CC3)cc2)c1=O. The van der Waals surface area contributed by atoms with Gasteiger partial charge in [-0.05, 0) is 55.8 Å². The summed E-state index contributed by atoms with van der Waals surface area (Å²) in [6, 6.07) is 17.3. The molecule has 5 heterocycles. The van der Waals surface area contributed by atoms with Gasteiger partial charge in [0, 0.05) is 48.5 Å². The average Bonchev–Trinajstić information content (AvgIpc) is 3.88. The van der Waals surface area contributed by atoms with E-state index in [-0.39, 0.29) is 31.0 Å². The van der Waals surface area contributed by atoms with E-state index in [0.717, 1.165) is 49.7 Å². The molecule has 15 heteroatoms. The van der Waals surface area contributed by atoms with Crippen molar-refractivity contribution in [2.75, 3.05) is 49.2 Å². The smallest absolute Gasteiger partial charge is 0.350 e. The predicted molar refractivity (Wildman–Crippen MR) is 186 cm³/mol. The minimum Gasteiger partial charge on any atom is -0.475 e. The van der Waals surface area contributed by atoms with Crippen LogP contribution in [0.25, 0.3) is 5.69 Å². The Morgan fingerprint density at radius 1 is 0.959 bits per heavy atom. The molecular formula is C34H37Cl2N9O4. The van der Waals surface area contributed by atoms with Crippen LogP contribution in [-0.4, -0.2) is 79.6 Å². The van der Waals surface area contributed by atoms with Crippen LogP contribution in [0.4, 0.5) is 11.4 Å². The van der Waals surface area contributed by atoms with Crippen molar-refractivity contribution >= 4 is 34.6 Å². The van der Waals surface area contributed by atoms with Crippen molar-refractivity contribution in [3.8, 4) is 11.6 Å². The summed E-state index contributed by atoms with van der Waals surface area (Å²) >= 11 is 12.7. The lowest BCUT2D eigenvalue weighted by Gasteiger charge is -2.37. The van der Waals surface area contributed by atoms with Crippen LogP contribution < -0.4 is 20.2 Å². The maximum absolute atomic E-state index is 12.8. The first-order valence-electron chi connectivity index (χ1n) is 16.3. The van der Waals surface area contributed by atoms with Crippen LogP contribution >= 0.6 is 23.2 Å². The van der Waals surface area contributed by atoms with Crippen molar-refractivity contribution in [1.82, 2.24) is 34.1 Å². The quantitative estimate of drug-likeness (QED) is 0.186. The fourth-order valence-electron chi connectivity index (χ4n) is 6.12. The number of halogens is 2.